The number of rotatable bonds is 4. The molecule has 0 radical (unpaired) electrons. The first-order valence-corrected chi connectivity index (χ1v) is 11.8. The van der Waals surface area contributed by atoms with Crippen LogP contribution in [0, 0.1) is 5.92 Å². The molecule has 0 spiro atoms. The molecule has 1 saturated heterocycles. The fourth-order valence-electron chi connectivity index (χ4n) is 6.25. The predicted molar refractivity (Wildman–Crippen MR) is 136 cm³/mol. The number of hydrogen-bond donors (Lipinski definition) is 1. The highest BCUT2D eigenvalue weighted by Crippen LogP contribution is 2.52. The smallest absolute Gasteiger partial charge is 0.259 e. The standard InChI is InChI=1S/C28H27N3O3/c1-6-10-15-17(8-3)30-19-12-14(5)13-20(34-19)31-18(9-4)16(11-7-2)22-24-23(27(32)29-28(24)33)21(15)25(30)26(22)31/h6-11,14,19-20H,3-4,12-13H2,1-2,5H3,(H,29,32,33)/b10-6-,11-7-. The van der Waals surface area contributed by atoms with Crippen molar-refractivity contribution in [1.82, 2.24) is 14.5 Å². The molecule has 6 nitrogen and oxygen atoms in total. The van der Waals surface area contributed by atoms with E-state index in [0.29, 0.717) is 17.0 Å². The van der Waals surface area contributed by atoms with E-state index in [9.17, 15) is 9.59 Å². The van der Waals surface area contributed by atoms with E-state index in [1.807, 2.05) is 50.3 Å². The summed E-state index contributed by atoms with van der Waals surface area (Å²) in [4.78, 5) is 26.5. The second kappa shape index (κ2) is 7.18. The van der Waals surface area contributed by atoms with E-state index in [4.69, 9.17) is 4.74 Å². The van der Waals surface area contributed by atoms with Crippen molar-refractivity contribution in [1.29, 1.82) is 0 Å². The van der Waals surface area contributed by atoms with Crippen LogP contribution in [0.4, 0.5) is 0 Å². The maximum Gasteiger partial charge on any atom is 0.259 e. The van der Waals surface area contributed by atoms with Crippen LogP contribution in [0.15, 0.2) is 25.3 Å². The molecule has 0 aliphatic carbocycles. The van der Waals surface area contributed by atoms with Gasteiger partial charge >= 0.3 is 0 Å². The Morgan fingerprint density at radius 3 is 1.68 bits per heavy atom. The molecule has 2 unspecified atom stereocenters. The number of ether oxygens (including phenoxy) is 1. The molecule has 6 heteroatoms. The Labute approximate surface area is 197 Å². The summed E-state index contributed by atoms with van der Waals surface area (Å²) in [6, 6.07) is 0. The fraction of sp³-hybridized carbons (Fsp3) is 0.286. The topological polar surface area (TPSA) is 65.3 Å². The Morgan fingerprint density at radius 1 is 0.853 bits per heavy atom. The lowest BCUT2D eigenvalue weighted by atomic mass is 9.94. The van der Waals surface area contributed by atoms with E-state index in [1.54, 1.807) is 0 Å². The third kappa shape index (κ3) is 2.38. The molecule has 1 N–H and O–H groups in total. The molecule has 2 bridgehead atoms. The highest BCUT2D eigenvalue weighted by atomic mass is 16.5. The minimum absolute atomic E-state index is 0.201. The van der Waals surface area contributed by atoms with Crippen LogP contribution in [-0.4, -0.2) is 20.9 Å². The quantitative estimate of drug-likeness (QED) is 0.472. The molecule has 3 aliphatic rings. The van der Waals surface area contributed by atoms with Crippen LogP contribution < -0.4 is 5.32 Å². The number of benzene rings is 1. The number of aromatic nitrogens is 2. The fourth-order valence-corrected chi connectivity index (χ4v) is 6.25. The van der Waals surface area contributed by atoms with Crippen LogP contribution >= 0.6 is 0 Å². The predicted octanol–water partition coefficient (Wildman–Crippen LogP) is 6.29. The Hall–Kier alpha value is -3.64. The Kier molecular flexibility index (Phi) is 4.42. The highest BCUT2D eigenvalue weighted by Gasteiger charge is 2.43. The molecular formula is C28H27N3O3. The molecule has 2 amide bonds. The van der Waals surface area contributed by atoms with E-state index >= 15 is 0 Å². The lowest BCUT2D eigenvalue weighted by molar-refractivity contribution is -0.134. The van der Waals surface area contributed by atoms with Crippen molar-refractivity contribution in [3.63, 3.8) is 0 Å². The van der Waals surface area contributed by atoms with Gasteiger partial charge in [-0.05, 0) is 44.8 Å². The van der Waals surface area contributed by atoms with Crippen LogP contribution in [0.2, 0.25) is 0 Å². The summed E-state index contributed by atoms with van der Waals surface area (Å²) >= 11 is 0. The minimum Gasteiger partial charge on any atom is -0.335 e. The molecule has 1 aromatic carbocycles. The summed E-state index contributed by atoms with van der Waals surface area (Å²) in [5.74, 6) is -0.294. The summed E-state index contributed by atoms with van der Waals surface area (Å²) < 4.78 is 11.1. The molecule has 2 aromatic heterocycles. The lowest BCUT2D eigenvalue weighted by Crippen LogP contribution is -2.27. The number of nitrogens with zero attached hydrogens (tertiary/aromatic N) is 2. The number of fused-ring (bicyclic) bond motifs is 7. The van der Waals surface area contributed by atoms with Crippen molar-refractivity contribution in [2.24, 2.45) is 5.92 Å². The van der Waals surface area contributed by atoms with Crippen LogP contribution in [0.25, 0.3) is 46.1 Å². The molecule has 172 valence electrons. The van der Waals surface area contributed by atoms with Gasteiger partial charge in [-0.3, -0.25) is 14.9 Å². The molecule has 3 aromatic rings. The van der Waals surface area contributed by atoms with Gasteiger partial charge in [-0.1, -0.05) is 44.4 Å². The van der Waals surface area contributed by atoms with Crippen LogP contribution in [0.5, 0.6) is 0 Å². The molecule has 2 atom stereocenters. The zero-order chi connectivity index (χ0) is 23.9. The van der Waals surface area contributed by atoms with Gasteiger partial charge in [0, 0.05) is 21.9 Å². The molecular weight excluding hydrogens is 426 g/mol. The number of carbonyl (C=O) groups excluding carboxylic acids is 2. The average molecular weight is 454 g/mol. The largest absolute Gasteiger partial charge is 0.335 e. The van der Waals surface area contributed by atoms with Crippen molar-refractivity contribution >= 4 is 57.9 Å². The molecule has 0 saturated carbocycles. The number of carbonyl (C=O) groups is 2. The summed E-state index contributed by atoms with van der Waals surface area (Å²) in [7, 11) is 0. The Bertz CT molecular complexity index is 1420. The van der Waals surface area contributed by atoms with Gasteiger partial charge in [-0.2, -0.15) is 0 Å². The Balaban J connectivity index is 2.00. The summed E-state index contributed by atoms with van der Waals surface area (Å²) in [6.07, 6.45) is 12.9. The van der Waals surface area contributed by atoms with Gasteiger partial charge in [0.1, 0.15) is 12.5 Å². The number of amides is 2. The monoisotopic (exact) mass is 453 g/mol. The van der Waals surface area contributed by atoms with Gasteiger partial charge in [0.05, 0.1) is 33.5 Å². The van der Waals surface area contributed by atoms with Gasteiger partial charge in [0.2, 0.25) is 0 Å². The maximum absolute atomic E-state index is 13.2. The number of imide groups is 1. The molecule has 6 rings (SSSR count). The van der Waals surface area contributed by atoms with Gasteiger partial charge in [-0.15, -0.1) is 0 Å². The number of allylic oxidation sites excluding steroid dienone is 2. The first-order valence-electron chi connectivity index (χ1n) is 11.8. The summed E-state index contributed by atoms with van der Waals surface area (Å²) in [5, 5.41) is 4.13. The average Bonchev–Trinajstić information content (AvgIpc) is 3.38. The molecule has 34 heavy (non-hydrogen) atoms. The first kappa shape index (κ1) is 20.9. The van der Waals surface area contributed by atoms with Crippen molar-refractivity contribution in [3.05, 3.63) is 59.0 Å². The van der Waals surface area contributed by atoms with Crippen molar-refractivity contribution in [2.45, 2.75) is 46.1 Å². The van der Waals surface area contributed by atoms with Crippen molar-refractivity contribution in [3.8, 4) is 0 Å². The van der Waals surface area contributed by atoms with Crippen LogP contribution in [-0.2, 0) is 4.74 Å². The molecule has 5 heterocycles. The number of nitrogens with one attached hydrogen (secondary N) is 1. The van der Waals surface area contributed by atoms with E-state index in [0.717, 1.165) is 57.2 Å². The highest BCUT2D eigenvalue weighted by molar-refractivity contribution is 6.35. The zero-order valence-electron chi connectivity index (χ0n) is 19.6. The SMILES string of the molecule is C=Cc1c(/C=C\C)c2c3c(c4c(/C=C\C)c(C=C)n5c4c2n1C1CC(C)CC5O1)C(=O)NC3=O. The maximum atomic E-state index is 13.2. The molecule has 1 fully saturated rings. The third-order valence-electron chi connectivity index (χ3n) is 7.37. The summed E-state index contributed by atoms with van der Waals surface area (Å²) in [5.41, 5.74) is 6.28. The van der Waals surface area contributed by atoms with E-state index < -0.39 is 0 Å². The normalized spacial score (nSPS) is 23.4. The lowest BCUT2D eigenvalue weighted by Gasteiger charge is -2.35. The molecule has 3 aliphatic heterocycles. The van der Waals surface area contributed by atoms with Gasteiger partial charge in [0.15, 0.2) is 0 Å². The van der Waals surface area contributed by atoms with E-state index in [-0.39, 0.29) is 24.3 Å². The number of hydrogen-bond acceptors (Lipinski definition) is 3. The zero-order valence-corrected chi connectivity index (χ0v) is 19.6. The first-order chi connectivity index (χ1) is 16.5. The van der Waals surface area contributed by atoms with Crippen LogP contribution in [0.1, 0.15) is 89.3 Å². The van der Waals surface area contributed by atoms with Crippen molar-refractivity contribution in [2.75, 3.05) is 0 Å². The second-order valence-corrected chi connectivity index (χ2v) is 9.35. The summed E-state index contributed by atoms with van der Waals surface area (Å²) in [6.45, 7) is 14.4. The third-order valence-corrected chi connectivity index (χ3v) is 7.37. The van der Waals surface area contributed by atoms with Gasteiger partial charge in [-0.25, -0.2) is 0 Å². The van der Waals surface area contributed by atoms with E-state index in [2.05, 4.69) is 34.5 Å². The Morgan fingerprint density at radius 2 is 1.29 bits per heavy atom. The van der Waals surface area contributed by atoms with Crippen LogP contribution in [0.3, 0.4) is 0 Å². The second-order valence-electron chi connectivity index (χ2n) is 9.35. The van der Waals surface area contributed by atoms with Gasteiger partial charge < -0.3 is 13.9 Å². The minimum atomic E-state index is -0.360. The van der Waals surface area contributed by atoms with Gasteiger partial charge in [0.25, 0.3) is 11.8 Å². The van der Waals surface area contributed by atoms with Crippen molar-refractivity contribution < 1.29 is 14.3 Å². The van der Waals surface area contributed by atoms with E-state index in [1.165, 1.54) is 0 Å².